The number of hydrogen-bond donors (Lipinski definition) is 1. The summed E-state index contributed by atoms with van der Waals surface area (Å²) in [7, 11) is 0. The first-order chi connectivity index (χ1) is 8.79. The Morgan fingerprint density at radius 3 is 3.06 bits per heavy atom. The van der Waals surface area contributed by atoms with Crippen LogP contribution in [0.4, 0.5) is 0 Å². The van der Waals surface area contributed by atoms with Gasteiger partial charge in [-0.25, -0.2) is 0 Å². The second kappa shape index (κ2) is 7.27. The Morgan fingerprint density at radius 1 is 1.50 bits per heavy atom. The van der Waals surface area contributed by atoms with Crippen LogP contribution in [0.3, 0.4) is 0 Å². The lowest BCUT2D eigenvalue weighted by Crippen LogP contribution is -2.48. The van der Waals surface area contributed by atoms with Crippen LogP contribution in [-0.2, 0) is 6.42 Å². The van der Waals surface area contributed by atoms with Crippen molar-refractivity contribution in [2.24, 2.45) is 5.92 Å². The van der Waals surface area contributed by atoms with Gasteiger partial charge in [-0.05, 0) is 49.7 Å². The first-order valence-corrected chi connectivity index (χ1v) is 8.15. The molecule has 1 N–H and O–H groups in total. The summed E-state index contributed by atoms with van der Waals surface area (Å²) in [6, 6.07) is 5.15. The number of thiophene rings is 1. The van der Waals surface area contributed by atoms with Crippen molar-refractivity contribution in [1.29, 1.82) is 0 Å². The highest BCUT2D eigenvalue weighted by Gasteiger charge is 2.24. The third kappa shape index (κ3) is 4.08. The van der Waals surface area contributed by atoms with Crippen molar-refractivity contribution in [3.63, 3.8) is 0 Å². The van der Waals surface area contributed by atoms with E-state index in [-0.39, 0.29) is 0 Å². The minimum absolute atomic E-state index is 0.739. The lowest BCUT2D eigenvalue weighted by molar-refractivity contribution is 0.149. The lowest BCUT2D eigenvalue weighted by atomic mass is 9.93. The topological polar surface area (TPSA) is 15.3 Å². The average molecular weight is 266 g/mol. The van der Waals surface area contributed by atoms with Crippen LogP contribution in [0.15, 0.2) is 17.5 Å². The number of hydrogen-bond acceptors (Lipinski definition) is 3. The van der Waals surface area contributed by atoms with Crippen LogP contribution in [-0.4, -0.2) is 37.1 Å². The molecule has 3 heteroatoms. The highest BCUT2D eigenvalue weighted by molar-refractivity contribution is 7.09. The molecule has 2 heterocycles. The Hall–Kier alpha value is -0.380. The van der Waals surface area contributed by atoms with E-state index in [0.717, 1.165) is 12.0 Å². The zero-order valence-corrected chi connectivity index (χ0v) is 12.5. The molecule has 0 spiro atoms. The van der Waals surface area contributed by atoms with Gasteiger partial charge in [-0.1, -0.05) is 19.9 Å². The standard InChI is InChI=1S/C15H26N2S/c1-3-8-16-15-7-10-17(12-13(15)2)9-6-14-5-4-11-18-14/h4-5,11,13,15-16H,3,6-10,12H2,1-2H3. The maximum atomic E-state index is 3.69. The molecule has 0 aromatic carbocycles. The third-order valence-corrected chi connectivity index (χ3v) is 4.84. The highest BCUT2D eigenvalue weighted by atomic mass is 32.1. The van der Waals surface area contributed by atoms with Crippen LogP contribution in [0, 0.1) is 5.92 Å². The monoisotopic (exact) mass is 266 g/mol. The first-order valence-electron chi connectivity index (χ1n) is 7.27. The van der Waals surface area contributed by atoms with E-state index in [9.17, 15) is 0 Å². The Balaban J connectivity index is 1.70. The van der Waals surface area contributed by atoms with Gasteiger partial charge in [0.15, 0.2) is 0 Å². The summed E-state index contributed by atoms with van der Waals surface area (Å²) in [6.07, 6.45) is 3.77. The van der Waals surface area contributed by atoms with Gasteiger partial charge >= 0.3 is 0 Å². The van der Waals surface area contributed by atoms with E-state index in [1.54, 1.807) is 0 Å². The Bertz CT molecular complexity index is 323. The minimum atomic E-state index is 0.739. The molecule has 2 unspecified atom stereocenters. The molecule has 1 aromatic heterocycles. The van der Waals surface area contributed by atoms with Crippen molar-refractivity contribution in [2.45, 2.75) is 39.2 Å². The number of nitrogens with zero attached hydrogens (tertiary/aromatic N) is 1. The van der Waals surface area contributed by atoms with E-state index in [0.29, 0.717) is 0 Å². The van der Waals surface area contributed by atoms with Gasteiger partial charge in [0.25, 0.3) is 0 Å². The van der Waals surface area contributed by atoms with Gasteiger partial charge < -0.3 is 10.2 Å². The maximum Gasteiger partial charge on any atom is 0.0117 e. The fraction of sp³-hybridized carbons (Fsp3) is 0.733. The average Bonchev–Trinajstić information content (AvgIpc) is 2.88. The molecule has 2 nitrogen and oxygen atoms in total. The largest absolute Gasteiger partial charge is 0.314 e. The van der Waals surface area contributed by atoms with Crippen molar-refractivity contribution in [1.82, 2.24) is 10.2 Å². The maximum absolute atomic E-state index is 3.69. The summed E-state index contributed by atoms with van der Waals surface area (Å²) in [5.74, 6) is 0.786. The minimum Gasteiger partial charge on any atom is -0.314 e. The van der Waals surface area contributed by atoms with Gasteiger partial charge in [0.2, 0.25) is 0 Å². The molecule has 1 aliphatic rings. The van der Waals surface area contributed by atoms with Crippen LogP contribution in [0.5, 0.6) is 0 Å². The summed E-state index contributed by atoms with van der Waals surface area (Å²) in [5.41, 5.74) is 0. The van der Waals surface area contributed by atoms with E-state index in [4.69, 9.17) is 0 Å². The van der Waals surface area contributed by atoms with E-state index in [2.05, 4.69) is 41.6 Å². The molecule has 2 atom stereocenters. The van der Waals surface area contributed by atoms with Crippen LogP contribution in [0.1, 0.15) is 31.6 Å². The second-order valence-electron chi connectivity index (χ2n) is 5.46. The van der Waals surface area contributed by atoms with E-state index < -0.39 is 0 Å². The van der Waals surface area contributed by atoms with Crippen molar-refractivity contribution in [3.05, 3.63) is 22.4 Å². The van der Waals surface area contributed by atoms with Crippen LogP contribution in [0.2, 0.25) is 0 Å². The zero-order chi connectivity index (χ0) is 12.8. The fourth-order valence-corrected chi connectivity index (χ4v) is 3.49. The quantitative estimate of drug-likeness (QED) is 0.851. The van der Waals surface area contributed by atoms with Gasteiger partial charge in [0.05, 0.1) is 0 Å². The molecule has 0 aliphatic carbocycles. The molecular formula is C15H26N2S. The number of piperidine rings is 1. The lowest BCUT2D eigenvalue weighted by Gasteiger charge is -2.37. The van der Waals surface area contributed by atoms with E-state index in [1.165, 1.54) is 50.3 Å². The molecular weight excluding hydrogens is 240 g/mol. The van der Waals surface area contributed by atoms with Gasteiger partial charge in [-0.15, -0.1) is 11.3 Å². The van der Waals surface area contributed by atoms with Gasteiger partial charge in [0, 0.05) is 24.0 Å². The molecule has 1 aromatic rings. The molecule has 102 valence electrons. The third-order valence-electron chi connectivity index (χ3n) is 3.90. The van der Waals surface area contributed by atoms with Crippen LogP contribution >= 0.6 is 11.3 Å². The second-order valence-corrected chi connectivity index (χ2v) is 6.49. The number of rotatable bonds is 6. The molecule has 1 aliphatic heterocycles. The van der Waals surface area contributed by atoms with E-state index >= 15 is 0 Å². The summed E-state index contributed by atoms with van der Waals surface area (Å²) < 4.78 is 0. The molecule has 0 saturated carbocycles. The molecule has 0 bridgehead atoms. The molecule has 0 radical (unpaired) electrons. The number of nitrogens with one attached hydrogen (secondary N) is 1. The SMILES string of the molecule is CCCNC1CCN(CCc2cccs2)CC1C. The molecule has 1 saturated heterocycles. The van der Waals surface area contributed by atoms with Gasteiger partial charge in [0.1, 0.15) is 0 Å². The van der Waals surface area contributed by atoms with Crippen molar-refractivity contribution in [2.75, 3.05) is 26.2 Å². The van der Waals surface area contributed by atoms with Crippen molar-refractivity contribution >= 4 is 11.3 Å². The van der Waals surface area contributed by atoms with Crippen LogP contribution < -0.4 is 5.32 Å². The molecule has 18 heavy (non-hydrogen) atoms. The summed E-state index contributed by atoms with van der Waals surface area (Å²) in [4.78, 5) is 4.16. The number of likely N-dealkylation sites (tertiary alicyclic amines) is 1. The predicted octanol–water partition coefficient (Wildman–Crippen LogP) is 3.00. The summed E-state index contributed by atoms with van der Waals surface area (Å²) in [5, 5.41) is 5.87. The smallest absolute Gasteiger partial charge is 0.0117 e. The highest BCUT2D eigenvalue weighted by Crippen LogP contribution is 2.18. The molecule has 1 fully saturated rings. The Kier molecular flexibility index (Phi) is 5.67. The van der Waals surface area contributed by atoms with Crippen molar-refractivity contribution in [3.8, 4) is 0 Å². The Morgan fingerprint density at radius 2 is 2.39 bits per heavy atom. The van der Waals surface area contributed by atoms with E-state index in [1.807, 2.05) is 11.3 Å². The van der Waals surface area contributed by atoms with Gasteiger partial charge in [-0.2, -0.15) is 0 Å². The molecule has 0 amide bonds. The fourth-order valence-electron chi connectivity index (χ4n) is 2.79. The normalized spacial score (nSPS) is 25.4. The predicted molar refractivity (Wildman–Crippen MR) is 80.3 cm³/mol. The van der Waals surface area contributed by atoms with Crippen LogP contribution in [0.25, 0.3) is 0 Å². The first kappa shape index (κ1) is 14.0. The van der Waals surface area contributed by atoms with Gasteiger partial charge in [-0.3, -0.25) is 0 Å². The summed E-state index contributed by atoms with van der Waals surface area (Å²) >= 11 is 1.88. The van der Waals surface area contributed by atoms with Crippen molar-refractivity contribution < 1.29 is 0 Å². The zero-order valence-electron chi connectivity index (χ0n) is 11.7. The Labute approximate surface area is 115 Å². The summed E-state index contributed by atoms with van der Waals surface area (Å²) in [6.45, 7) is 9.55. The molecule has 2 rings (SSSR count).